The van der Waals surface area contributed by atoms with Gasteiger partial charge in [-0.25, -0.2) is 15.4 Å². The largest absolute Gasteiger partial charge is 0.369 e. The van der Waals surface area contributed by atoms with Crippen LogP contribution in [0.15, 0.2) is 16.3 Å². The van der Waals surface area contributed by atoms with Gasteiger partial charge in [-0.05, 0) is 11.3 Å². The highest BCUT2D eigenvalue weighted by molar-refractivity contribution is 7.18. The van der Waals surface area contributed by atoms with Gasteiger partial charge in [0.05, 0.1) is 11.5 Å². The van der Waals surface area contributed by atoms with E-state index in [2.05, 4.69) is 20.5 Å². The average molecular weight is 270 g/mol. The summed E-state index contributed by atoms with van der Waals surface area (Å²) in [5.41, 5.74) is 13.0. The molecule has 1 aromatic rings. The van der Waals surface area contributed by atoms with Crippen molar-refractivity contribution in [3.05, 3.63) is 16.3 Å². The molecule has 0 bridgehead atoms. The molecule has 2 rings (SSSR count). The Morgan fingerprint density at radius 3 is 3.06 bits per heavy atom. The van der Waals surface area contributed by atoms with Crippen molar-refractivity contribution in [1.82, 2.24) is 10.4 Å². The van der Waals surface area contributed by atoms with E-state index in [0.717, 1.165) is 11.3 Å². The lowest BCUT2D eigenvalue weighted by Crippen LogP contribution is -2.38. The normalized spacial score (nSPS) is 14.2. The van der Waals surface area contributed by atoms with Gasteiger partial charge in [0.25, 0.3) is 0 Å². The summed E-state index contributed by atoms with van der Waals surface area (Å²) in [6.07, 6.45) is 1.20. The van der Waals surface area contributed by atoms with Crippen molar-refractivity contribution in [1.29, 1.82) is 0 Å². The van der Waals surface area contributed by atoms with Crippen molar-refractivity contribution < 1.29 is 4.92 Å². The van der Waals surface area contributed by atoms with Crippen LogP contribution >= 0.6 is 11.3 Å². The van der Waals surface area contributed by atoms with Crippen molar-refractivity contribution in [2.45, 2.75) is 0 Å². The summed E-state index contributed by atoms with van der Waals surface area (Å²) in [6, 6.07) is 0. The number of anilines is 1. The Hall–Kier alpha value is -2.43. The number of rotatable bonds is 3. The molecule has 0 saturated carbocycles. The third-order valence-electron chi connectivity index (χ3n) is 2.02. The van der Waals surface area contributed by atoms with Crippen LogP contribution in [0.1, 0.15) is 0 Å². The quantitative estimate of drug-likeness (QED) is 0.276. The molecule has 5 N–H and O–H groups in total. The fourth-order valence-electron chi connectivity index (χ4n) is 1.31. The van der Waals surface area contributed by atoms with Crippen LogP contribution in [0.3, 0.4) is 0 Å². The molecule has 11 heteroatoms. The van der Waals surface area contributed by atoms with Crippen molar-refractivity contribution in [2.24, 2.45) is 21.6 Å². The lowest BCUT2D eigenvalue weighted by atomic mass is 10.6. The maximum atomic E-state index is 10.6. The number of aliphatic imine (C=N–C) groups is 1. The van der Waals surface area contributed by atoms with Crippen LogP contribution in [-0.2, 0) is 0 Å². The Kier molecular flexibility index (Phi) is 3.23. The van der Waals surface area contributed by atoms with E-state index >= 15 is 0 Å². The average Bonchev–Trinajstić information content (AvgIpc) is 2.94. The van der Waals surface area contributed by atoms with Gasteiger partial charge in [0.1, 0.15) is 6.20 Å². The molecule has 0 unspecified atom stereocenters. The van der Waals surface area contributed by atoms with Gasteiger partial charge in [-0.3, -0.25) is 15.0 Å². The van der Waals surface area contributed by atoms with Crippen molar-refractivity contribution in [2.75, 3.05) is 18.0 Å². The molecule has 1 aromatic heterocycles. The summed E-state index contributed by atoms with van der Waals surface area (Å²) in [5, 5.41) is 14.6. The molecule has 0 aromatic carbocycles. The predicted molar refractivity (Wildman–Crippen MR) is 67.4 cm³/mol. The zero-order chi connectivity index (χ0) is 13.1. The van der Waals surface area contributed by atoms with Crippen LogP contribution in [0.5, 0.6) is 0 Å². The number of hydrazone groups is 1. The first-order valence-electron chi connectivity index (χ1n) is 4.85. The summed E-state index contributed by atoms with van der Waals surface area (Å²) < 4.78 is 0. The van der Waals surface area contributed by atoms with Gasteiger partial charge in [0, 0.05) is 6.54 Å². The number of thiazole rings is 1. The van der Waals surface area contributed by atoms with Crippen LogP contribution in [0, 0.1) is 10.1 Å². The van der Waals surface area contributed by atoms with Crippen molar-refractivity contribution >= 4 is 33.4 Å². The van der Waals surface area contributed by atoms with Gasteiger partial charge in [0.15, 0.2) is 5.13 Å². The highest BCUT2D eigenvalue weighted by Crippen LogP contribution is 2.29. The molecule has 0 spiro atoms. The van der Waals surface area contributed by atoms with Gasteiger partial charge >= 0.3 is 5.00 Å². The predicted octanol–water partition coefficient (Wildman–Crippen LogP) is -0.995. The molecule has 96 valence electrons. The summed E-state index contributed by atoms with van der Waals surface area (Å²) >= 11 is 0.960. The second-order valence-corrected chi connectivity index (χ2v) is 4.23. The van der Waals surface area contributed by atoms with E-state index in [1.165, 1.54) is 6.20 Å². The van der Waals surface area contributed by atoms with Crippen LogP contribution in [0.25, 0.3) is 0 Å². The van der Waals surface area contributed by atoms with E-state index in [-0.39, 0.29) is 11.0 Å². The minimum Gasteiger partial charge on any atom is -0.369 e. The lowest BCUT2D eigenvalue weighted by Gasteiger charge is -2.15. The van der Waals surface area contributed by atoms with E-state index in [9.17, 15) is 10.1 Å². The van der Waals surface area contributed by atoms with Crippen LogP contribution in [0.4, 0.5) is 10.1 Å². The summed E-state index contributed by atoms with van der Waals surface area (Å²) in [7, 11) is 0. The number of nitro groups is 1. The first-order valence-corrected chi connectivity index (χ1v) is 5.66. The van der Waals surface area contributed by atoms with E-state index < -0.39 is 4.92 Å². The SMILES string of the molecule is NC(N)=NNC1=NCCN1c1ncc([N+](=O)[O-])s1. The number of nitrogens with zero attached hydrogens (tertiary/aromatic N) is 5. The summed E-state index contributed by atoms with van der Waals surface area (Å²) in [4.78, 5) is 19.9. The maximum absolute atomic E-state index is 10.6. The second kappa shape index (κ2) is 4.83. The number of nitrogens with one attached hydrogen (secondary N) is 1. The molecule has 0 saturated heterocycles. The van der Waals surface area contributed by atoms with Gasteiger partial charge in [-0.1, -0.05) is 0 Å². The molecule has 10 nitrogen and oxygen atoms in total. The lowest BCUT2D eigenvalue weighted by molar-refractivity contribution is -0.380. The first kappa shape index (κ1) is 12.0. The molecule has 0 amide bonds. The number of nitrogens with two attached hydrogens (primary N) is 2. The highest BCUT2D eigenvalue weighted by atomic mass is 32.1. The van der Waals surface area contributed by atoms with Crippen LogP contribution in [0.2, 0.25) is 0 Å². The van der Waals surface area contributed by atoms with E-state index in [1.54, 1.807) is 4.90 Å². The molecule has 0 fully saturated rings. The van der Waals surface area contributed by atoms with Crippen molar-refractivity contribution in [3.63, 3.8) is 0 Å². The number of hydrogen-bond donors (Lipinski definition) is 3. The van der Waals surface area contributed by atoms with Gasteiger partial charge < -0.3 is 11.5 Å². The molecular weight excluding hydrogens is 260 g/mol. The Morgan fingerprint density at radius 2 is 2.44 bits per heavy atom. The number of aromatic nitrogens is 1. The third kappa shape index (κ3) is 2.45. The first-order chi connectivity index (χ1) is 8.58. The third-order valence-corrected chi connectivity index (χ3v) is 2.99. The molecule has 1 aliphatic rings. The Labute approximate surface area is 105 Å². The highest BCUT2D eigenvalue weighted by Gasteiger charge is 2.23. The molecular formula is C7H10N8O2S. The standard InChI is InChI=1S/C7H10N8O2S/c8-5(9)12-13-6-10-1-2-14(6)7-11-3-4(18-7)15(16)17/h3H,1-2H2,(H,10,13)(H4,8,9,12). The molecule has 0 aliphatic carbocycles. The molecule has 0 atom stereocenters. The monoisotopic (exact) mass is 270 g/mol. The molecule has 0 radical (unpaired) electrons. The topological polar surface area (TPSA) is 148 Å². The number of hydrogen-bond acceptors (Lipinski definition) is 8. The van der Waals surface area contributed by atoms with Crippen LogP contribution in [-0.4, -0.2) is 34.9 Å². The molecule has 1 aliphatic heterocycles. The fraction of sp³-hybridized carbons (Fsp3) is 0.286. The summed E-state index contributed by atoms with van der Waals surface area (Å²) in [5.74, 6) is 0.280. The van der Waals surface area contributed by atoms with Crippen LogP contribution < -0.4 is 21.8 Å². The van der Waals surface area contributed by atoms with E-state index in [0.29, 0.717) is 24.2 Å². The zero-order valence-corrected chi connectivity index (χ0v) is 9.92. The minimum absolute atomic E-state index is 0.0295. The van der Waals surface area contributed by atoms with Crippen molar-refractivity contribution in [3.8, 4) is 0 Å². The van der Waals surface area contributed by atoms with Gasteiger partial charge in [-0.2, -0.15) is 0 Å². The summed E-state index contributed by atoms with van der Waals surface area (Å²) in [6.45, 7) is 1.10. The Morgan fingerprint density at radius 1 is 1.67 bits per heavy atom. The smallest absolute Gasteiger partial charge is 0.345 e. The van der Waals surface area contributed by atoms with E-state index in [1.807, 2.05) is 0 Å². The number of guanidine groups is 2. The van der Waals surface area contributed by atoms with E-state index in [4.69, 9.17) is 11.5 Å². The Bertz CT molecular complexity index is 519. The zero-order valence-electron chi connectivity index (χ0n) is 9.11. The minimum atomic E-state index is -0.489. The molecule has 18 heavy (non-hydrogen) atoms. The van der Waals surface area contributed by atoms with Gasteiger partial charge in [-0.15, -0.1) is 5.10 Å². The fourth-order valence-corrected chi connectivity index (χ4v) is 2.07. The Balaban J connectivity index is 2.14. The van der Waals surface area contributed by atoms with Gasteiger partial charge in [0.2, 0.25) is 11.9 Å². The second-order valence-electron chi connectivity index (χ2n) is 3.24. The maximum Gasteiger partial charge on any atom is 0.345 e. The molecule has 2 heterocycles.